The molecule has 1 aromatic heterocycles. The predicted molar refractivity (Wildman–Crippen MR) is 46.0 cm³/mol. The van der Waals surface area contributed by atoms with Crippen LogP contribution in [0.1, 0.15) is 21.6 Å². The van der Waals surface area contributed by atoms with Crippen LogP contribution in [0.4, 0.5) is 0 Å². The number of carbonyl (C=O) groups is 1. The van der Waals surface area contributed by atoms with Crippen molar-refractivity contribution in [1.82, 2.24) is 4.98 Å². The molecule has 3 nitrogen and oxygen atoms in total. The highest BCUT2D eigenvalue weighted by molar-refractivity contribution is 5.93. The maximum absolute atomic E-state index is 10.7. The number of hydrogen-bond acceptors (Lipinski definition) is 2. The van der Waals surface area contributed by atoms with Crippen molar-refractivity contribution in [3.63, 3.8) is 0 Å². The molecule has 0 fully saturated rings. The number of hydrogen-bond donors (Lipinski definition) is 1. The van der Waals surface area contributed by atoms with Gasteiger partial charge in [-0.2, -0.15) is 0 Å². The van der Waals surface area contributed by atoms with Gasteiger partial charge in [-0.25, -0.2) is 4.79 Å². The van der Waals surface area contributed by atoms with E-state index in [1.54, 1.807) is 19.2 Å². The lowest BCUT2D eigenvalue weighted by Crippen LogP contribution is -2.04. The molecule has 0 aliphatic rings. The van der Waals surface area contributed by atoms with Crippen molar-refractivity contribution in [2.75, 3.05) is 0 Å². The van der Waals surface area contributed by atoms with Crippen molar-refractivity contribution in [3.8, 4) is 0 Å². The summed E-state index contributed by atoms with van der Waals surface area (Å²) >= 11 is 0. The van der Waals surface area contributed by atoms with Gasteiger partial charge in [0.05, 0.1) is 11.3 Å². The highest BCUT2D eigenvalue weighted by Crippen LogP contribution is 2.12. The summed E-state index contributed by atoms with van der Waals surface area (Å²) in [5, 5.41) is 8.79. The molecule has 0 amide bonds. The van der Waals surface area contributed by atoms with E-state index in [1.807, 2.05) is 0 Å². The van der Waals surface area contributed by atoms with Gasteiger partial charge in [0.2, 0.25) is 0 Å². The molecule has 1 heterocycles. The minimum absolute atomic E-state index is 0.229. The Hall–Kier alpha value is -1.64. The van der Waals surface area contributed by atoms with Crippen LogP contribution in [0.25, 0.3) is 6.08 Å². The van der Waals surface area contributed by atoms with Crippen molar-refractivity contribution in [1.29, 1.82) is 0 Å². The van der Waals surface area contributed by atoms with E-state index < -0.39 is 5.97 Å². The third-order valence-electron chi connectivity index (χ3n) is 1.61. The fourth-order valence-corrected chi connectivity index (χ4v) is 1.03. The van der Waals surface area contributed by atoms with Crippen LogP contribution < -0.4 is 0 Å². The van der Waals surface area contributed by atoms with Gasteiger partial charge in [-0.15, -0.1) is 0 Å². The second-order valence-corrected chi connectivity index (χ2v) is 2.37. The fraction of sp³-hybridized carbons (Fsp3) is 0.111. The lowest BCUT2D eigenvalue weighted by molar-refractivity contribution is 0.0695. The number of pyridine rings is 1. The standard InChI is InChI=1S/C9H9NO2/c1-3-7-4-5-10-6(2)8(7)9(11)12/h3-5H,1H2,2H3,(H,11,12). The zero-order valence-electron chi connectivity index (χ0n) is 6.74. The Morgan fingerprint density at radius 1 is 1.75 bits per heavy atom. The molecule has 0 aliphatic carbocycles. The summed E-state index contributed by atoms with van der Waals surface area (Å²) in [4.78, 5) is 14.6. The first kappa shape index (κ1) is 8.46. The summed E-state index contributed by atoms with van der Waals surface area (Å²) in [5.74, 6) is -0.962. The summed E-state index contributed by atoms with van der Waals surface area (Å²) in [5.41, 5.74) is 1.35. The van der Waals surface area contributed by atoms with Crippen LogP contribution in [0, 0.1) is 6.92 Å². The van der Waals surface area contributed by atoms with E-state index in [0.717, 1.165) is 0 Å². The fourth-order valence-electron chi connectivity index (χ4n) is 1.03. The number of aromatic nitrogens is 1. The molecule has 12 heavy (non-hydrogen) atoms. The third-order valence-corrected chi connectivity index (χ3v) is 1.61. The number of rotatable bonds is 2. The van der Waals surface area contributed by atoms with Crippen molar-refractivity contribution < 1.29 is 9.90 Å². The van der Waals surface area contributed by atoms with E-state index in [4.69, 9.17) is 5.11 Å². The van der Waals surface area contributed by atoms with Gasteiger partial charge in [0.15, 0.2) is 0 Å². The average Bonchev–Trinajstić information content (AvgIpc) is 2.03. The van der Waals surface area contributed by atoms with Crippen molar-refractivity contribution in [3.05, 3.63) is 35.7 Å². The predicted octanol–water partition coefficient (Wildman–Crippen LogP) is 1.73. The van der Waals surface area contributed by atoms with Crippen LogP contribution in [0.2, 0.25) is 0 Å². The Morgan fingerprint density at radius 2 is 2.42 bits per heavy atom. The zero-order chi connectivity index (χ0) is 9.14. The summed E-state index contributed by atoms with van der Waals surface area (Å²) in [6.45, 7) is 5.19. The highest BCUT2D eigenvalue weighted by Gasteiger charge is 2.10. The van der Waals surface area contributed by atoms with Gasteiger partial charge in [0.1, 0.15) is 0 Å². The number of nitrogens with zero attached hydrogens (tertiary/aromatic N) is 1. The molecule has 0 saturated heterocycles. The van der Waals surface area contributed by atoms with Crippen LogP contribution in [0.3, 0.4) is 0 Å². The Kier molecular flexibility index (Phi) is 2.24. The minimum atomic E-state index is -0.962. The first-order valence-corrected chi connectivity index (χ1v) is 3.48. The Balaban J connectivity index is 3.39. The second kappa shape index (κ2) is 3.17. The van der Waals surface area contributed by atoms with Crippen LogP contribution in [0.15, 0.2) is 18.8 Å². The van der Waals surface area contributed by atoms with Gasteiger partial charge >= 0.3 is 5.97 Å². The Labute approximate surface area is 70.4 Å². The number of aryl methyl sites for hydroxylation is 1. The smallest absolute Gasteiger partial charge is 0.338 e. The summed E-state index contributed by atoms with van der Waals surface area (Å²) in [6, 6.07) is 1.63. The molecule has 0 unspecified atom stereocenters. The van der Waals surface area contributed by atoms with Crippen molar-refractivity contribution >= 4 is 12.0 Å². The molecule has 62 valence electrons. The molecule has 1 N–H and O–H groups in total. The largest absolute Gasteiger partial charge is 0.478 e. The molecular formula is C9H9NO2. The highest BCUT2D eigenvalue weighted by atomic mass is 16.4. The van der Waals surface area contributed by atoms with Crippen LogP contribution in [-0.4, -0.2) is 16.1 Å². The van der Waals surface area contributed by atoms with E-state index in [0.29, 0.717) is 11.3 Å². The van der Waals surface area contributed by atoms with E-state index in [-0.39, 0.29) is 5.56 Å². The average molecular weight is 163 g/mol. The zero-order valence-corrected chi connectivity index (χ0v) is 6.74. The van der Waals surface area contributed by atoms with Gasteiger partial charge in [-0.05, 0) is 18.6 Å². The van der Waals surface area contributed by atoms with Crippen LogP contribution in [-0.2, 0) is 0 Å². The first-order chi connectivity index (χ1) is 5.66. The molecule has 0 saturated carbocycles. The van der Waals surface area contributed by atoms with Gasteiger partial charge < -0.3 is 5.11 Å². The second-order valence-electron chi connectivity index (χ2n) is 2.37. The molecule has 0 bridgehead atoms. The quantitative estimate of drug-likeness (QED) is 0.722. The van der Waals surface area contributed by atoms with Crippen LogP contribution in [0.5, 0.6) is 0 Å². The van der Waals surface area contributed by atoms with E-state index in [9.17, 15) is 4.79 Å². The lowest BCUT2D eigenvalue weighted by Gasteiger charge is -2.02. The Morgan fingerprint density at radius 3 is 2.83 bits per heavy atom. The molecule has 1 aromatic rings. The summed E-state index contributed by atoms with van der Waals surface area (Å²) in [7, 11) is 0. The van der Waals surface area contributed by atoms with Gasteiger partial charge in [0, 0.05) is 6.20 Å². The van der Waals surface area contributed by atoms with Gasteiger partial charge in [-0.3, -0.25) is 4.98 Å². The summed E-state index contributed by atoms with van der Waals surface area (Å²) < 4.78 is 0. The molecule has 1 rings (SSSR count). The van der Waals surface area contributed by atoms with E-state index in [1.165, 1.54) is 6.08 Å². The molecule has 0 aromatic carbocycles. The number of carboxylic acids is 1. The lowest BCUT2D eigenvalue weighted by atomic mass is 10.1. The number of aromatic carboxylic acids is 1. The maximum atomic E-state index is 10.7. The molecule has 0 atom stereocenters. The van der Waals surface area contributed by atoms with E-state index in [2.05, 4.69) is 11.6 Å². The van der Waals surface area contributed by atoms with Crippen LogP contribution >= 0.6 is 0 Å². The molecule has 0 radical (unpaired) electrons. The Bertz CT molecular complexity index is 331. The molecular weight excluding hydrogens is 154 g/mol. The number of carboxylic acid groups (broad SMARTS) is 1. The first-order valence-electron chi connectivity index (χ1n) is 3.48. The third kappa shape index (κ3) is 1.34. The van der Waals surface area contributed by atoms with Gasteiger partial charge in [-0.1, -0.05) is 12.7 Å². The monoisotopic (exact) mass is 163 g/mol. The van der Waals surface area contributed by atoms with Crippen molar-refractivity contribution in [2.45, 2.75) is 6.92 Å². The summed E-state index contributed by atoms with van der Waals surface area (Å²) in [6.07, 6.45) is 3.08. The normalized spacial score (nSPS) is 9.42. The molecule has 3 heteroatoms. The SMILES string of the molecule is C=Cc1ccnc(C)c1C(=O)O. The van der Waals surface area contributed by atoms with E-state index >= 15 is 0 Å². The topological polar surface area (TPSA) is 50.2 Å². The molecule has 0 aliphatic heterocycles. The van der Waals surface area contributed by atoms with Crippen molar-refractivity contribution in [2.24, 2.45) is 0 Å². The van der Waals surface area contributed by atoms with Gasteiger partial charge in [0.25, 0.3) is 0 Å². The minimum Gasteiger partial charge on any atom is -0.478 e. The molecule has 0 spiro atoms. The maximum Gasteiger partial charge on any atom is 0.338 e.